The number of rotatable bonds is 7. The number of nitrogens with one attached hydrogen (secondary N) is 1. The van der Waals surface area contributed by atoms with Gasteiger partial charge < -0.3 is 10.1 Å². The van der Waals surface area contributed by atoms with Gasteiger partial charge in [-0.3, -0.25) is 0 Å². The van der Waals surface area contributed by atoms with Crippen molar-refractivity contribution in [1.29, 1.82) is 0 Å². The lowest BCUT2D eigenvalue weighted by Crippen LogP contribution is -2.21. The van der Waals surface area contributed by atoms with E-state index in [1.165, 1.54) is 18.4 Å². The van der Waals surface area contributed by atoms with Gasteiger partial charge in [-0.1, -0.05) is 37.3 Å². The maximum absolute atomic E-state index is 5.87. The van der Waals surface area contributed by atoms with E-state index < -0.39 is 0 Å². The van der Waals surface area contributed by atoms with Crippen LogP contribution in [0.25, 0.3) is 0 Å². The fourth-order valence-electron chi connectivity index (χ4n) is 2.62. The minimum Gasteiger partial charge on any atom is -0.457 e. The number of benzene rings is 2. The van der Waals surface area contributed by atoms with E-state index in [4.69, 9.17) is 4.74 Å². The smallest absolute Gasteiger partial charge is 0.127 e. The molecule has 0 radical (unpaired) electrons. The lowest BCUT2D eigenvalue weighted by Gasteiger charge is -2.12. The van der Waals surface area contributed by atoms with Crippen LogP contribution in [-0.2, 0) is 6.54 Å². The molecule has 0 heterocycles. The predicted octanol–water partition coefficient (Wildman–Crippen LogP) is 4.61. The summed E-state index contributed by atoms with van der Waals surface area (Å²) in [6.45, 7) is 4.36. The first-order chi connectivity index (χ1) is 10.3. The molecule has 1 fully saturated rings. The third-order valence-corrected chi connectivity index (χ3v) is 4.10. The number of ether oxygens (including phenoxy) is 1. The second-order valence-corrected chi connectivity index (χ2v) is 6.01. The molecule has 1 atom stereocenters. The van der Waals surface area contributed by atoms with Crippen molar-refractivity contribution in [3.8, 4) is 11.5 Å². The molecule has 1 N–H and O–H groups in total. The van der Waals surface area contributed by atoms with E-state index >= 15 is 0 Å². The van der Waals surface area contributed by atoms with Crippen LogP contribution in [0.1, 0.15) is 25.3 Å². The van der Waals surface area contributed by atoms with Crippen LogP contribution in [0.15, 0.2) is 54.6 Å². The summed E-state index contributed by atoms with van der Waals surface area (Å²) in [5.41, 5.74) is 1.27. The van der Waals surface area contributed by atoms with E-state index in [-0.39, 0.29) is 0 Å². The standard InChI is InChI=1S/C19H23NO/c1-15(17-10-11-17)13-20-14-16-6-5-9-19(12-16)21-18-7-3-2-4-8-18/h2-9,12,15,17,20H,10-11,13-14H2,1H3. The molecule has 0 aliphatic heterocycles. The second-order valence-electron chi connectivity index (χ2n) is 6.01. The molecule has 0 saturated heterocycles. The van der Waals surface area contributed by atoms with Gasteiger partial charge >= 0.3 is 0 Å². The zero-order valence-corrected chi connectivity index (χ0v) is 12.6. The van der Waals surface area contributed by atoms with Gasteiger partial charge in [0.15, 0.2) is 0 Å². The van der Waals surface area contributed by atoms with E-state index in [0.717, 1.165) is 36.4 Å². The fraction of sp³-hybridized carbons (Fsp3) is 0.368. The third kappa shape index (κ3) is 4.33. The van der Waals surface area contributed by atoms with Gasteiger partial charge in [0.1, 0.15) is 11.5 Å². The van der Waals surface area contributed by atoms with Gasteiger partial charge in [0, 0.05) is 6.54 Å². The minimum absolute atomic E-state index is 0.800. The van der Waals surface area contributed by atoms with Gasteiger partial charge in [0.25, 0.3) is 0 Å². The molecule has 110 valence electrons. The summed E-state index contributed by atoms with van der Waals surface area (Å²) in [5.74, 6) is 3.54. The Morgan fingerprint density at radius 1 is 1.05 bits per heavy atom. The second kappa shape index (κ2) is 6.77. The van der Waals surface area contributed by atoms with Crippen molar-refractivity contribution in [2.24, 2.45) is 11.8 Å². The van der Waals surface area contributed by atoms with Crippen molar-refractivity contribution >= 4 is 0 Å². The zero-order chi connectivity index (χ0) is 14.5. The molecule has 2 heteroatoms. The fourth-order valence-corrected chi connectivity index (χ4v) is 2.62. The number of para-hydroxylation sites is 1. The van der Waals surface area contributed by atoms with E-state index in [2.05, 4.69) is 30.4 Å². The highest BCUT2D eigenvalue weighted by atomic mass is 16.5. The van der Waals surface area contributed by atoms with E-state index in [9.17, 15) is 0 Å². The first-order valence-corrected chi connectivity index (χ1v) is 7.84. The Balaban J connectivity index is 1.53. The molecule has 2 nitrogen and oxygen atoms in total. The van der Waals surface area contributed by atoms with E-state index in [1.807, 2.05) is 36.4 Å². The van der Waals surface area contributed by atoms with Crippen LogP contribution in [0.5, 0.6) is 11.5 Å². The first-order valence-electron chi connectivity index (χ1n) is 7.84. The predicted molar refractivity (Wildman–Crippen MR) is 86.6 cm³/mol. The number of hydrogen-bond acceptors (Lipinski definition) is 2. The summed E-state index contributed by atoms with van der Waals surface area (Å²) in [4.78, 5) is 0. The SMILES string of the molecule is CC(CNCc1cccc(Oc2ccccc2)c1)C1CC1. The van der Waals surface area contributed by atoms with E-state index in [0.29, 0.717) is 0 Å². The summed E-state index contributed by atoms with van der Waals surface area (Å²) in [7, 11) is 0. The Kier molecular flexibility index (Phi) is 4.56. The molecule has 1 saturated carbocycles. The van der Waals surface area contributed by atoms with Crippen LogP contribution < -0.4 is 10.1 Å². The summed E-state index contributed by atoms with van der Waals surface area (Å²) in [6, 6.07) is 18.2. The van der Waals surface area contributed by atoms with Crippen LogP contribution in [0.3, 0.4) is 0 Å². The summed E-state index contributed by atoms with van der Waals surface area (Å²) in [6.07, 6.45) is 2.84. The first kappa shape index (κ1) is 14.2. The summed E-state index contributed by atoms with van der Waals surface area (Å²) in [5, 5.41) is 3.56. The molecule has 0 amide bonds. The van der Waals surface area contributed by atoms with E-state index in [1.54, 1.807) is 0 Å². The Morgan fingerprint density at radius 3 is 2.57 bits per heavy atom. The highest BCUT2D eigenvalue weighted by Crippen LogP contribution is 2.36. The van der Waals surface area contributed by atoms with Crippen LogP contribution >= 0.6 is 0 Å². The molecular weight excluding hydrogens is 258 g/mol. The Labute approximate surface area is 127 Å². The highest BCUT2D eigenvalue weighted by Gasteiger charge is 2.27. The quantitative estimate of drug-likeness (QED) is 0.800. The van der Waals surface area contributed by atoms with Crippen molar-refractivity contribution in [1.82, 2.24) is 5.32 Å². The molecule has 3 rings (SSSR count). The molecule has 0 spiro atoms. The molecule has 1 unspecified atom stereocenters. The molecular formula is C19H23NO. The topological polar surface area (TPSA) is 21.3 Å². The van der Waals surface area contributed by atoms with Gasteiger partial charge in [-0.15, -0.1) is 0 Å². The van der Waals surface area contributed by atoms with Crippen molar-refractivity contribution < 1.29 is 4.74 Å². The van der Waals surface area contributed by atoms with Gasteiger partial charge in [-0.05, 0) is 61.1 Å². The number of hydrogen-bond donors (Lipinski definition) is 1. The Hall–Kier alpha value is -1.80. The van der Waals surface area contributed by atoms with Gasteiger partial charge in [0.2, 0.25) is 0 Å². The lowest BCUT2D eigenvalue weighted by molar-refractivity contribution is 0.459. The van der Waals surface area contributed by atoms with Gasteiger partial charge in [-0.2, -0.15) is 0 Å². The van der Waals surface area contributed by atoms with Crippen molar-refractivity contribution in [2.75, 3.05) is 6.54 Å². The monoisotopic (exact) mass is 281 g/mol. The van der Waals surface area contributed by atoms with Gasteiger partial charge in [0.05, 0.1) is 0 Å². The highest BCUT2D eigenvalue weighted by molar-refractivity contribution is 5.33. The van der Waals surface area contributed by atoms with Crippen molar-refractivity contribution in [3.63, 3.8) is 0 Å². The van der Waals surface area contributed by atoms with Gasteiger partial charge in [-0.25, -0.2) is 0 Å². The lowest BCUT2D eigenvalue weighted by atomic mass is 10.1. The molecule has 0 bridgehead atoms. The Morgan fingerprint density at radius 2 is 1.81 bits per heavy atom. The van der Waals surface area contributed by atoms with Crippen molar-refractivity contribution in [3.05, 3.63) is 60.2 Å². The third-order valence-electron chi connectivity index (χ3n) is 4.10. The summed E-state index contributed by atoms with van der Waals surface area (Å²) < 4.78 is 5.87. The minimum atomic E-state index is 0.800. The molecule has 1 aliphatic rings. The zero-order valence-electron chi connectivity index (χ0n) is 12.6. The molecule has 2 aromatic carbocycles. The van der Waals surface area contributed by atoms with Crippen LogP contribution in [0, 0.1) is 11.8 Å². The summed E-state index contributed by atoms with van der Waals surface area (Å²) >= 11 is 0. The maximum atomic E-state index is 5.87. The van der Waals surface area contributed by atoms with Crippen LogP contribution in [0.2, 0.25) is 0 Å². The molecule has 2 aromatic rings. The maximum Gasteiger partial charge on any atom is 0.127 e. The molecule has 0 aromatic heterocycles. The largest absolute Gasteiger partial charge is 0.457 e. The molecule has 1 aliphatic carbocycles. The van der Waals surface area contributed by atoms with Crippen molar-refractivity contribution in [2.45, 2.75) is 26.3 Å². The average molecular weight is 281 g/mol. The van der Waals surface area contributed by atoms with Crippen LogP contribution in [0.4, 0.5) is 0 Å². The average Bonchev–Trinajstić information content (AvgIpc) is 3.33. The Bertz CT molecular complexity index is 563. The molecule has 21 heavy (non-hydrogen) atoms. The normalized spacial score (nSPS) is 15.7. The van der Waals surface area contributed by atoms with Crippen LogP contribution in [-0.4, -0.2) is 6.54 Å².